The molecule has 1 N–H and O–H groups in total. The topological polar surface area (TPSA) is 34.1 Å². The number of rotatable bonds is 5. The number of hydrogen-bond donors (Lipinski definition) is 1. The molecule has 2 rings (SSSR count). The molecular formula is C14H19F3N2O. The monoisotopic (exact) mass is 288 g/mol. The van der Waals surface area contributed by atoms with Gasteiger partial charge in [0.05, 0.1) is 6.61 Å². The van der Waals surface area contributed by atoms with Crippen LogP contribution < -0.4 is 5.32 Å². The highest BCUT2D eigenvalue weighted by molar-refractivity contribution is 5.27. The number of likely N-dealkylation sites (N-methyl/N-ethyl adjacent to an activating group) is 1. The predicted molar refractivity (Wildman–Crippen MR) is 69.6 cm³/mol. The van der Waals surface area contributed by atoms with Crippen LogP contribution in [0, 0.1) is 0 Å². The Kier molecular flexibility index (Phi) is 4.99. The summed E-state index contributed by atoms with van der Waals surface area (Å²) in [5, 5.41) is 3.07. The van der Waals surface area contributed by atoms with E-state index in [2.05, 4.69) is 10.3 Å². The van der Waals surface area contributed by atoms with Crippen molar-refractivity contribution in [2.24, 2.45) is 0 Å². The number of aryl methyl sites for hydroxylation is 1. The van der Waals surface area contributed by atoms with Gasteiger partial charge in [0, 0.05) is 23.9 Å². The maximum absolute atomic E-state index is 12.1. The van der Waals surface area contributed by atoms with Crippen molar-refractivity contribution in [1.29, 1.82) is 0 Å². The Morgan fingerprint density at radius 3 is 3.00 bits per heavy atom. The molecule has 0 spiro atoms. The lowest BCUT2D eigenvalue weighted by Gasteiger charge is -2.31. The molecule has 2 unspecified atom stereocenters. The molecule has 0 fully saturated rings. The molecule has 0 aliphatic heterocycles. The Hall–Kier alpha value is -1.14. The largest absolute Gasteiger partial charge is 0.411 e. The fraction of sp³-hybridized carbons (Fsp3) is 0.643. The van der Waals surface area contributed by atoms with E-state index in [4.69, 9.17) is 4.74 Å². The molecule has 0 aromatic carbocycles. The third kappa shape index (κ3) is 3.93. The van der Waals surface area contributed by atoms with Crippen molar-refractivity contribution in [2.75, 3.05) is 20.3 Å². The van der Waals surface area contributed by atoms with Gasteiger partial charge in [-0.1, -0.05) is 6.07 Å². The number of aromatic nitrogens is 1. The average molecular weight is 288 g/mol. The molecule has 2 atom stereocenters. The summed E-state index contributed by atoms with van der Waals surface area (Å²) in [6.07, 6.45) is 0.396. The molecule has 1 aliphatic carbocycles. The molecule has 1 heterocycles. The van der Waals surface area contributed by atoms with Crippen molar-refractivity contribution < 1.29 is 17.9 Å². The molecule has 112 valence electrons. The van der Waals surface area contributed by atoms with Crippen LogP contribution in [0.1, 0.15) is 30.0 Å². The van der Waals surface area contributed by atoms with E-state index in [9.17, 15) is 13.2 Å². The number of alkyl halides is 3. The fourth-order valence-corrected chi connectivity index (χ4v) is 2.74. The Morgan fingerprint density at radius 2 is 2.30 bits per heavy atom. The van der Waals surface area contributed by atoms with E-state index in [1.807, 2.05) is 12.1 Å². The van der Waals surface area contributed by atoms with Crippen LogP contribution in [0.25, 0.3) is 0 Å². The zero-order valence-corrected chi connectivity index (χ0v) is 11.4. The minimum Gasteiger partial charge on any atom is -0.370 e. The van der Waals surface area contributed by atoms with E-state index in [0.717, 1.165) is 25.0 Å². The number of pyridine rings is 1. The molecular weight excluding hydrogens is 269 g/mol. The molecule has 0 amide bonds. The second-order valence-electron chi connectivity index (χ2n) is 5.07. The van der Waals surface area contributed by atoms with Gasteiger partial charge in [-0.25, -0.2) is 0 Å². The summed E-state index contributed by atoms with van der Waals surface area (Å²) in [6, 6.07) is 3.79. The molecule has 0 saturated carbocycles. The second-order valence-corrected chi connectivity index (χ2v) is 5.07. The first-order valence-corrected chi connectivity index (χ1v) is 6.77. The quantitative estimate of drug-likeness (QED) is 0.904. The maximum Gasteiger partial charge on any atom is 0.411 e. The Morgan fingerprint density at radius 1 is 1.50 bits per heavy atom. The lowest BCUT2D eigenvalue weighted by Crippen LogP contribution is -2.39. The zero-order chi connectivity index (χ0) is 14.6. The summed E-state index contributed by atoms with van der Waals surface area (Å²) >= 11 is 0. The normalized spacial score (nSPS) is 20.5. The number of hydrogen-bond acceptors (Lipinski definition) is 3. The Balaban J connectivity index is 2.01. The van der Waals surface area contributed by atoms with Crippen molar-refractivity contribution in [2.45, 2.75) is 37.4 Å². The van der Waals surface area contributed by atoms with Gasteiger partial charge in [-0.05, 0) is 37.9 Å². The van der Waals surface area contributed by atoms with E-state index >= 15 is 0 Å². The van der Waals surface area contributed by atoms with Gasteiger partial charge < -0.3 is 10.1 Å². The fourth-order valence-electron chi connectivity index (χ4n) is 2.74. The molecule has 0 radical (unpaired) electrons. The molecule has 1 aromatic rings. The molecule has 6 heteroatoms. The molecule has 1 aliphatic rings. The minimum atomic E-state index is -4.28. The first-order valence-electron chi connectivity index (χ1n) is 6.77. The maximum atomic E-state index is 12.1. The van der Waals surface area contributed by atoms with Crippen molar-refractivity contribution in [3.8, 4) is 0 Å². The summed E-state index contributed by atoms with van der Waals surface area (Å²) in [5.41, 5.74) is 2.19. The smallest absolute Gasteiger partial charge is 0.370 e. The van der Waals surface area contributed by atoms with E-state index in [1.54, 1.807) is 13.2 Å². The van der Waals surface area contributed by atoms with Crippen LogP contribution in [0.5, 0.6) is 0 Å². The van der Waals surface area contributed by atoms with E-state index in [1.165, 1.54) is 5.56 Å². The van der Waals surface area contributed by atoms with Crippen LogP contribution in [-0.4, -0.2) is 37.5 Å². The van der Waals surface area contributed by atoms with E-state index < -0.39 is 12.8 Å². The third-order valence-corrected chi connectivity index (χ3v) is 3.66. The number of nitrogens with one attached hydrogen (secondary N) is 1. The van der Waals surface area contributed by atoms with Crippen LogP contribution in [-0.2, 0) is 11.2 Å². The highest BCUT2D eigenvalue weighted by Gasteiger charge is 2.31. The van der Waals surface area contributed by atoms with Gasteiger partial charge in [-0.2, -0.15) is 13.2 Å². The standard InChI is InChI=1S/C14H19F3N2O/c1-18-12(8-20-9-14(15,16)17)11-6-2-4-10-5-3-7-19-13(10)11/h3,5,7,11-12,18H,2,4,6,8-9H2,1H3. The summed E-state index contributed by atoms with van der Waals surface area (Å²) in [4.78, 5) is 4.41. The molecule has 3 nitrogen and oxygen atoms in total. The van der Waals surface area contributed by atoms with Crippen molar-refractivity contribution in [3.63, 3.8) is 0 Å². The summed E-state index contributed by atoms with van der Waals surface area (Å²) < 4.78 is 41.2. The number of nitrogens with zero attached hydrogens (tertiary/aromatic N) is 1. The zero-order valence-electron chi connectivity index (χ0n) is 11.4. The number of ether oxygens (including phenoxy) is 1. The van der Waals surface area contributed by atoms with Crippen LogP contribution in [0.4, 0.5) is 13.2 Å². The van der Waals surface area contributed by atoms with Crippen LogP contribution in [0.15, 0.2) is 18.3 Å². The van der Waals surface area contributed by atoms with Crippen LogP contribution >= 0.6 is 0 Å². The van der Waals surface area contributed by atoms with Crippen molar-refractivity contribution in [3.05, 3.63) is 29.6 Å². The minimum absolute atomic E-state index is 0.0384. The Labute approximate surface area is 116 Å². The first-order chi connectivity index (χ1) is 9.51. The molecule has 0 saturated heterocycles. The number of fused-ring (bicyclic) bond motifs is 1. The van der Waals surface area contributed by atoms with Gasteiger partial charge in [-0.3, -0.25) is 4.98 Å². The van der Waals surface area contributed by atoms with Gasteiger partial charge in [0.25, 0.3) is 0 Å². The Bertz CT molecular complexity index is 437. The second kappa shape index (κ2) is 6.54. The third-order valence-electron chi connectivity index (χ3n) is 3.66. The van der Waals surface area contributed by atoms with Crippen LogP contribution in [0.2, 0.25) is 0 Å². The van der Waals surface area contributed by atoms with Crippen LogP contribution in [0.3, 0.4) is 0 Å². The summed E-state index contributed by atoms with van der Waals surface area (Å²) in [5.74, 6) is 0.109. The molecule has 20 heavy (non-hydrogen) atoms. The first kappa shape index (κ1) is 15.3. The highest BCUT2D eigenvalue weighted by atomic mass is 19.4. The molecule has 0 bridgehead atoms. The average Bonchev–Trinajstić information content (AvgIpc) is 2.42. The van der Waals surface area contributed by atoms with Gasteiger partial charge in [0.15, 0.2) is 0 Å². The molecule has 1 aromatic heterocycles. The van der Waals surface area contributed by atoms with Gasteiger partial charge in [0.1, 0.15) is 6.61 Å². The SMILES string of the molecule is CNC(COCC(F)(F)F)C1CCCc2cccnc21. The highest BCUT2D eigenvalue weighted by Crippen LogP contribution is 2.32. The summed E-state index contributed by atoms with van der Waals surface area (Å²) in [7, 11) is 1.75. The lowest BCUT2D eigenvalue weighted by atomic mass is 9.82. The van der Waals surface area contributed by atoms with E-state index in [-0.39, 0.29) is 18.6 Å². The summed E-state index contributed by atoms with van der Waals surface area (Å²) in [6.45, 7) is -1.16. The van der Waals surface area contributed by atoms with Crippen molar-refractivity contribution >= 4 is 0 Å². The van der Waals surface area contributed by atoms with Gasteiger partial charge >= 0.3 is 6.18 Å². The number of halogens is 3. The van der Waals surface area contributed by atoms with E-state index in [0.29, 0.717) is 0 Å². The van der Waals surface area contributed by atoms with Crippen molar-refractivity contribution in [1.82, 2.24) is 10.3 Å². The van der Waals surface area contributed by atoms with Gasteiger partial charge in [-0.15, -0.1) is 0 Å². The van der Waals surface area contributed by atoms with Gasteiger partial charge in [0.2, 0.25) is 0 Å². The predicted octanol–water partition coefficient (Wildman–Crippen LogP) is 2.67. The lowest BCUT2D eigenvalue weighted by molar-refractivity contribution is -0.175.